The van der Waals surface area contributed by atoms with Gasteiger partial charge in [0.2, 0.25) is 0 Å². The van der Waals surface area contributed by atoms with E-state index in [1.54, 1.807) is 20.8 Å². The normalized spacial score (nSPS) is 12.6. The minimum Gasteiger partial charge on any atom is -0.451 e. The molecule has 0 radical (unpaired) electrons. The second kappa shape index (κ2) is 6.98. The summed E-state index contributed by atoms with van der Waals surface area (Å²) in [5.74, 6) is -2.14. The Morgan fingerprint density at radius 2 is 2.04 bits per heavy atom. The Morgan fingerprint density at radius 3 is 2.62 bits per heavy atom. The number of hydrogen-bond acceptors (Lipinski definition) is 7. The summed E-state index contributed by atoms with van der Waals surface area (Å²) >= 11 is 0. The number of rotatable bonds is 5. The summed E-state index contributed by atoms with van der Waals surface area (Å²) in [6.45, 7) is 6.29. The molecule has 10 heteroatoms. The molecule has 1 N–H and O–H groups in total. The molecule has 0 aliphatic rings. The van der Waals surface area contributed by atoms with E-state index in [2.05, 4.69) is 5.32 Å². The zero-order valence-electron chi connectivity index (χ0n) is 14.8. The van der Waals surface area contributed by atoms with Crippen molar-refractivity contribution in [2.75, 3.05) is 0 Å². The van der Waals surface area contributed by atoms with Crippen LogP contribution in [0.3, 0.4) is 0 Å². The van der Waals surface area contributed by atoms with Crippen LogP contribution in [0.5, 0.6) is 0 Å². The predicted octanol–water partition coefficient (Wildman–Crippen LogP) is 1.35. The van der Waals surface area contributed by atoms with E-state index in [0.717, 1.165) is 10.6 Å². The molecule has 0 unspecified atom stereocenters. The highest BCUT2D eigenvalue weighted by molar-refractivity contribution is 5.84. The Hall–Kier alpha value is -3.17. The van der Waals surface area contributed by atoms with Crippen LogP contribution in [0, 0.1) is 10.1 Å². The number of carbonyl (C=O) groups excluding carboxylic acids is 2. The van der Waals surface area contributed by atoms with Crippen molar-refractivity contribution in [2.45, 2.75) is 45.9 Å². The molecular formula is C16H19N3O7. The van der Waals surface area contributed by atoms with Gasteiger partial charge in [-0.05, 0) is 33.8 Å². The molecule has 0 spiro atoms. The maximum absolute atomic E-state index is 12.1. The summed E-state index contributed by atoms with van der Waals surface area (Å²) < 4.78 is 10.9. The van der Waals surface area contributed by atoms with Crippen LogP contribution < -0.4 is 11.1 Å². The molecule has 10 nitrogen and oxygen atoms in total. The molecule has 1 heterocycles. The lowest BCUT2D eigenvalue weighted by Gasteiger charge is -2.23. The molecule has 1 aromatic carbocycles. The van der Waals surface area contributed by atoms with Crippen molar-refractivity contribution in [3.05, 3.63) is 38.9 Å². The first kappa shape index (κ1) is 19.2. The van der Waals surface area contributed by atoms with E-state index in [9.17, 15) is 24.5 Å². The number of amides is 1. The monoisotopic (exact) mass is 365 g/mol. The van der Waals surface area contributed by atoms with Gasteiger partial charge in [-0.15, -0.1) is 0 Å². The van der Waals surface area contributed by atoms with Gasteiger partial charge in [0.05, 0.1) is 16.5 Å². The largest absolute Gasteiger partial charge is 0.451 e. The van der Waals surface area contributed by atoms with Gasteiger partial charge in [-0.2, -0.15) is 0 Å². The first-order valence-electron chi connectivity index (χ1n) is 7.77. The lowest BCUT2D eigenvalue weighted by Crippen LogP contribution is -2.46. The van der Waals surface area contributed by atoms with Crippen molar-refractivity contribution >= 4 is 28.7 Å². The van der Waals surface area contributed by atoms with E-state index in [-0.39, 0.29) is 16.8 Å². The molecule has 1 atom stereocenters. The average molecular weight is 365 g/mol. The minimum atomic E-state index is -1.04. The Kier molecular flexibility index (Phi) is 5.15. The van der Waals surface area contributed by atoms with Gasteiger partial charge in [-0.3, -0.25) is 24.3 Å². The van der Waals surface area contributed by atoms with Crippen LogP contribution in [0.1, 0.15) is 27.7 Å². The van der Waals surface area contributed by atoms with Gasteiger partial charge in [0.15, 0.2) is 11.7 Å². The predicted molar refractivity (Wildman–Crippen MR) is 90.6 cm³/mol. The van der Waals surface area contributed by atoms with Crippen LogP contribution >= 0.6 is 0 Å². The van der Waals surface area contributed by atoms with Crippen molar-refractivity contribution in [2.24, 2.45) is 0 Å². The van der Waals surface area contributed by atoms with Gasteiger partial charge >= 0.3 is 11.7 Å². The van der Waals surface area contributed by atoms with E-state index in [4.69, 9.17) is 9.15 Å². The third kappa shape index (κ3) is 4.47. The van der Waals surface area contributed by atoms with Crippen LogP contribution in [0.15, 0.2) is 27.4 Å². The molecule has 1 amide bonds. The summed E-state index contributed by atoms with van der Waals surface area (Å²) in [5, 5.41) is 13.4. The summed E-state index contributed by atoms with van der Waals surface area (Å²) in [6, 6.07) is 3.60. The number of oxazole rings is 1. The fraction of sp³-hybridized carbons (Fsp3) is 0.438. The van der Waals surface area contributed by atoms with Crippen LogP contribution in [0.4, 0.5) is 5.69 Å². The fourth-order valence-electron chi connectivity index (χ4n) is 2.21. The number of nitro benzene ring substituents is 1. The van der Waals surface area contributed by atoms with E-state index < -0.39 is 40.7 Å². The Morgan fingerprint density at radius 1 is 1.38 bits per heavy atom. The van der Waals surface area contributed by atoms with Gasteiger partial charge in [-0.1, -0.05) is 0 Å². The van der Waals surface area contributed by atoms with Crippen LogP contribution in [-0.4, -0.2) is 33.0 Å². The highest BCUT2D eigenvalue weighted by Gasteiger charge is 2.23. The molecule has 0 aliphatic heterocycles. The second-order valence-electron chi connectivity index (χ2n) is 6.73. The zero-order valence-corrected chi connectivity index (χ0v) is 14.8. The topological polar surface area (TPSA) is 134 Å². The number of aromatic nitrogens is 1. The SMILES string of the molecule is C[C@H](OC(=O)Cn1c(=O)oc2cc([N+](=O)[O-])ccc21)C(=O)NC(C)(C)C. The van der Waals surface area contributed by atoms with E-state index in [1.165, 1.54) is 19.1 Å². The number of hydrogen-bond donors (Lipinski definition) is 1. The number of carbonyl (C=O) groups is 2. The van der Waals surface area contributed by atoms with Crippen molar-refractivity contribution in [3.8, 4) is 0 Å². The smallest absolute Gasteiger partial charge is 0.420 e. The van der Waals surface area contributed by atoms with E-state index >= 15 is 0 Å². The summed E-state index contributed by atoms with van der Waals surface area (Å²) in [7, 11) is 0. The third-order valence-corrected chi connectivity index (χ3v) is 3.33. The Balaban J connectivity index is 2.14. The summed E-state index contributed by atoms with van der Waals surface area (Å²) in [4.78, 5) is 46.0. The van der Waals surface area contributed by atoms with Crippen LogP contribution in [0.25, 0.3) is 11.1 Å². The molecule has 26 heavy (non-hydrogen) atoms. The fourth-order valence-corrected chi connectivity index (χ4v) is 2.21. The Labute approximate surface area is 147 Å². The minimum absolute atomic E-state index is 0.0180. The molecular weight excluding hydrogens is 346 g/mol. The molecule has 0 bridgehead atoms. The maximum atomic E-state index is 12.1. The highest BCUT2D eigenvalue weighted by Crippen LogP contribution is 2.20. The molecule has 0 saturated carbocycles. The van der Waals surface area contributed by atoms with Gasteiger partial charge in [0, 0.05) is 11.6 Å². The number of benzene rings is 1. The van der Waals surface area contributed by atoms with Crippen molar-refractivity contribution in [1.29, 1.82) is 0 Å². The van der Waals surface area contributed by atoms with Gasteiger partial charge < -0.3 is 14.5 Å². The van der Waals surface area contributed by atoms with E-state index in [1.807, 2.05) is 0 Å². The third-order valence-electron chi connectivity index (χ3n) is 3.33. The Bertz CT molecular complexity index is 920. The molecule has 0 fully saturated rings. The molecule has 140 valence electrons. The number of nitrogens with one attached hydrogen (secondary N) is 1. The average Bonchev–Trinajstić information content (AvgIpc) is 2.80. The number of nitro groups is 1. The standard InChI is InChI=1S/C16H19N3O7/c1-9(14(21)17-16(2,3)4)25-13(20)8-18-11-6-5-10(19(23)24)7-12(11)26-15(18)22/h5-7,9H,8H2,1-4H3,(H,17,21)/t9-/m0/s1. The quantitative estimate of drug-likeness (QED) is 0.480. The van der Waals surface area contributed by atoms with Crippen molar-refractivity contribution in [3.63, 3.8) is 0 Å². The molecule has 0 aliphatic carbocycles. The maximum Gasteiger partial charge on any atom is 0.420 e. The number of ether oxygens (including phenoxy) is 1. The molecule has 2 aromatic rings. The van der Waals surface area contributed by atoms with Crippen LogP contribution in [-0.2, 0) is 20.9 Å². The van der Waals surface area contributed by atoms with Gasteiger partial charge in [-0.25, -0.2) is 4.79 Å². The second-order valence-corrected chi connectivity index (χ2v) is 6.73. The first-order valence-corrected chi connectivity index (χ1v) is 7.77. The summed E-state index contributed by atoms with van der Waals surface area (Å²) in [5.41, 5.74) is -0.530. The van der Waals surface area contributed by atoms with Crippen LogP contribution in [0.2, 0.25) is 0 Å². The van der Waals surface area contributed by atoms with E-state index in [0.29, 0.717) is 0 Å². The van der Waals surface area contributed by atoms with Crippen molar-refractivity contribution < 1.29 is 23.7 Å². The lowest BCUT2D eigenvalue weighted by molar-refractivity contribution is -0.384. The number of esters is 1. The zero-order chi connectivity index (χ0) is 19.6. The van der Waals surface area contributed by atoms with Crippen molar-refractivity contribution in [1.82, 2.24) is 9.88 Å². The lowest BCUT2D eigenvalue weighted by atomic mass is 10.1. The number of nitrogens with zero attached hydrogens (tertiary/aromatic N) is 2. The molecule has 2 rings (SSSR count). The van der Waals surface area contributed by atoms with Gasteiger partial charge in [0.1, 0.15) is 6.54 Å². The molecule has 0 saturated heterocycles. The number of fused-ring (bicyclic) bond motifs is 1. The number of non-ortho nitro benzene ring substituents is 1. The highest BCUT2D eigenvalue weighted by atomic mass is 16.6. The summed E-state index contributed by atoms with van der Waals surface area (Å²) in [6.07, 6.45) is -1.04. The molecule has 1 aromatic heterocycles. The van der Waals surface area contributed by atoms with Gasteiger partial charge in [0.25, 0.3) is 11.6 Å². The first-order chi connectivity index (χ1) is 12.0.